The number of nitrogens with zero attached hydrogens (tertiary/aromatic N) is 2. The number of carbonyl (C=O) groups excluding carboxylic acids is 2. The Morgan fingerprint density at radius 1 is 1.25 bits per heavy atom. The maximum atomic E-state index is 12.8. The Hall–Kier alpha value is -2.38. The van der Waals surface area contributed by atoms with Gasteiger partial charge in [0.25, 0.3) is 0 Å². The fourth-order valence-electron chi connectivity index (χ4n) is 3.46. The molecule has 1 fully saturated rings. The monoisotopic (exact) mass is 411 g/mol. The summed E-state index contributed by atoms with van der Waals surface area (Å²) >= 11 is 6.26. The summed E-state index contributed by atoms with van der Waals surface area (Å²) in [5, 5.41) is 3.53. The third kappa shape index (κ3) is 3.52. The van der Waals surface area contributed by atoms with Crippen LogP contribution in [0.25, 0.3) is 10.2 Å². The Morgan fingerprint density at radius 2 is 1.96 bits per heavy atom. The average Bonchev–Trinajstić information content (AvgIpc) is 3.14. The number of aromatic nitrogens is 1. The number of rotatable bonds is 5. The summed E-state index contributed by atoms with van der Waals surface area (Å²) < 4.78 is 1.08. The molecule has 0 radical (unpaired) electrons. The van der Waals surface area contributed by atoms with Crippen LogP contribution in [0.1, 0.15) is 41.6 Å². The van der Waals surface area contributed by atoms with Gasteiger partial charge in [-0.15, -0.1) is 11.3 Å². The molecule has 28 heavy (non-hydrogen) atoms. The first-order chi connectivity index (χ1) is 13.6. The minimum absolute atomic E-state index is 0.136. The highest BCUT2D eigenvalue weighted by Crippen LogP contribution is 2.39. The van der Waals surface area contributed by atoms with Gasteiger partial charge in [0.1, 0.15) is 5.01 Å². The highest BCUT2D eigenvalue weighted by atomic mass is 32.1. The first kappa shape index (κ1) is 19.0. The number of nitrogens with one attached hydrogen (secondary N) is 1. The fraction of sp³-hybridized carbons (Fsp3) is 0.286. The number of benzene rings is 2. The minimum atomic E-state index is -0.364. The van der Waals surface area contributed by atoms with E-state index in [2.05, 4.69) is 10.3 Å². The molecule has 3 aromatic rings. The number of fused-ring (bicyclic) bond motifs is 1. The van der Waals surface area contributed by atoms with Gasteiger partial charge in [0, 0.05) is 6.42 Å². The molecule has 7 heteroatoms. The van der Waals surface area contributed by atoms with Gasteiger partial charge < -0.3 is 5.32 Å². The minimum Gasteiger partial charge on any atom is -0.331 e. The lowest BCUT2D eigenvalue weighted by atomic mass is 9.98. The summed E-state index contributed by atoms with van der Waals surface area (Å²) in [4.78, 5) is 31.0. The SMILES string of the molecule is CC[C@@H](NC(=O)N1C(=O)C[C@@H]1C(S)c1nc2ccccc2s1)c1ccccc1. The summed E-state index contributed by atoms with van der Waals surface area (Å²) in [5.74, 6) is -0.175. The maximum absolute atomic E-state index is 12.8. The smallest absolute Gasteiger partial charge is 0.324 e. The Morgan fingerprint density at radius 3 is 2.64 bits per heavy atom. The van der Waals surface area contributed by atoms with E-state index in [9.17, 15) is 9.59 Å². The van der Waals surface area contributed by atoms with Gasteiger partial charge in [-0.25, -0.2) is 9.78 Å². The lowest BCUT2D eigenvalue weighted by Gasteiger charge is -2.41. The zero-order chi connectivity index (χ0) is 19.7. The van der Waals surface area contributed by atoms with Crippen molar-refractivity contribution in [3.8, 4) is 0 Å². The molecule has 3 amide bonds. The van der Waals surface area contributed by atoms with Crippen molar-refractivity contribution in [2.75, 3.05) is 0 Å². The molecule has 0 aliphatic carbocycles. The average molecular weight is 412 g/mol. The van der Waals surface area contributed by atoms with Crippen molar-refractivity contribution in [3.63, 3.8) is 0 Å². The van der Waals surface area contributed by atoms with E-state index >= 15 is 0 Å². The fourth-order valence-corrected chi connectivity index (χ4v) is 4.93. The third-order valence-electron chi connectivity index (χ3n) is 5.04. The largest absolute Gasteiger partial charge is 0.331 e. The zero-order valence-corrected chi connectivity index (χ0v) is 17.1. The van der Waals surface area contributed by atoms with E-state index < -0.39 is 0 Å². The number of carbonyl (C=O) groups is 2. The normalized spacial score (nSPS) is 18.6. The molecule has 2 aromatic carbocycles. The van der Waals surface area contributed by atoms with E-state index in [1.165, 1.54) is 4.90 Å². The molecule has 1 N–H and O–H groups in total. The number of β-lactam (4-membered cyclic amide) rings is 1. The van der Waals surface area contributed by atoms with Crippen molar-refractivity contribution in [2.24, 2.45) is 0 Å². The van der Waals surface area contributed by atoms with Gasteiger partial charge in [-0.3, -0.25) is 9.69 Å². The summed E-state index contributed by atoms with van der Waals surface area (Å²) in [6.45, 7) is 2.01. The van der Waals surface area contributed by atoms with Crippen LogP contribution in [0.2, 0.25) is 0 Å². The number of thiazole rings is 1. The number of likely N-dealkylation sites (tertiary alicyclic amines) is 1. The summed E-state index contributed by atoms with van der Waals surface area (Å²) in [7, 11) is 0. The number of amides is 3. The lowest BCUT2D eigenvalue weighted by molar-refractivity contribution is -0.140. The molecule has 144 valence electrons. The molecular formula is C21H21N3O2S2. The van der Waals surface area contributed by atoms with Gasteiger partial charge in [0.15, 0.2) is 0 Å². The number of urea groups is 1. The Bertz CT molecular complexity index is 972. The maximum Gasteiger partial charge on any atom is 0.324 e. The van der Waals surface area contributed by atoms with E-state index in [1.54, 1.807) is 11.3 Å². The molecule has 1 aliphatic rings. The Labute approximate surface area is 173 Å². The van der Waals surface area contributed by atoms with Crippen molar-refractivity contribution in [3.05, 3.63) is 65.2 Å². The van der Waals surface area contributed by atoms with Crippen LogP contribution in [-0.4, -0.2) is 27.9 Å². The van der Waals surface area contributed by atoms with Gasteiger partial charge >= 0.3 is 6.03 Å². The van der Waals surface area contributed by atoms with E-state index in [1.807, 2.05) is 61.5 Å². The first-order valence-corrected chi connectivity index (χ1v) is 10.6. The molecule has 0 bridgehead atoms. The number of thiol groups is 1. The van der Waals surface area contributed by atoms with Crippen LogP contribution in [-0.2, 0) is 4.79 Å². The predicted octanol–water partition coefficient (Wildman–Crippen LogP) is 4.73. The molecule has 1 unspecified atom stereocenters. The predicted molar refractivity (Wildman–Crippen MR) is 115 cm³/mol. The van der Waals surface area contributed by atoms with Crippen LogP contribution in [0.5, 0.6) is 0 Å². The van der Waals surface area contributed by atoms with Gasteiger partial charge in [0.05, 0.1) is 27.6 Å². The Balaban J connectivity index is 1.50. The van der Waals surface area contributed by atoms with Gasteiger partial charge in [-0.05, 0) is 24.1 Å². The van der Waals surface area contributed by atoms with Gasteiger partial charge in [-0.2, -0.15) is 12.6 Å². The summed E-state index contributed by atoms with van der Waals surface area (Å²) in [6.07, 6.45) is 1.05. The van der Waals surface area contributed by atoms with E-state index in [0.717, 1.165) is 27.2 Å². The van der Waals surface area contributed by atoms with Crippen LogP contribution in [0, 0.1) is 0 Å². The second-order valence-corrected chi connectivity index (χ2v) is 8.44. The van der Waals surface area contributed by atoms with Crippen molar-refractivity contribution in [1.29, 1.82) is 0 Å². The number of hydrogen-bond donors (Lipinski definition) is 2. The zero-order valence-electron chi connectivity index (χ0n) is 15.4. The van der Waals surface area contributed by atoms with Crippen LogP contribution in [0.15, 0.2) is 54.6 Å². The van der Waals surface area contributed by atoms with Crippen molar-refractivity contribution < 1.29 is 9.59 Å². The Kier molecular flexibility index (Phi) is 5.37. The highest BCUT2D eigenvalue weighted by molar-refractivity contribution is 7.80. The molecule has 1 aliphatic heterocycles. The molecule has 0 spiro atoms. The van der Waals surface area contributed by atoms with Crippen LogP contribution in [0.4, 0.5) is 4.79 Å². The lowest BCUT2D eigenvalue weighted by Crippen LogP contribution is -2.60. The third-order valence-corrected chi connectivity index (χ3v) is 6.92. The summed E-state index contributed by atoms with van der Waals surface area (Å²) in [5.41, 5.74) is 1.94. The molecule has 4 rings (SSSR count). The molecular weight excluding hydrogens is 390 g/mol. The second-order valence-electron chi connectivity index (χ2n) is 6.82. The first-order valence-electron chi connectivity index (χ1n) is 9.29. The molecule has 1 aromatic heterocycles. The van der Waals surface area contributed by atoms with E-state index in [-0.39, 0.29) is 29.3 Å². The van der Waals surface area contributed by atoms with Crippen LogP contribution in [0.3, 0.4) is 0 Å². The van der Waals surface area contributed by atoms with Gasteiger partial charge in [0.2, 0.25) is 5.91 Å². The van der Waals surface area contributed by atoms with Crippen LogP contribution >= 0.6 is 24.0 Å². The summed E-state index contributed by atoms with van der Waals surface area (Å²) in [6, 6.07) is 16.9. The highest BCUT2D eigenvalue weighted by Gasteiger charge is 2.46. The number of para-hydroxylation sites is 1. The van der Waals surface area contributed by atoms with Gasteiger partial charge in [-0.1, -0.05) is 49.4 Å². The topological polar surface area (TPSA) is 62.3 Å². The number of hydrogen-bond acceptors (Lipinski definition) is 5. The second kappa shape index (κ2) is 7.93. The van der Waals surface area contributed by atoms with E-state index in [4.69, 9.17) is 12.6 Å². The molecule has 3 atom stereocenters. The van der Waals surface area contributed by atoms with Crippen LogP contribution < -0.4 is 5.32 Å². The number of imide groups is 1. The van der Waals surface area contributed by atoms with E-state index in [0.29, 0.717) is 6.42 Å². The van der Waals surface area contributed by atoms with Crippen molar-refractivity contribution >= 4 is 46.1 Å². The molecule has 2 heterocycles. The molecule has 5 nitrogen and oxygen atoms in total. The van der Waals surface area contributed by atoms with Crippen molar-refractivity contribution in [2.45, 2.75) is 37.1 Å². The van der Waals surface area contributed by atoms with Crippen molar-refractivity contribution in [1.82, 2.24) is 15.2 Å². The standard InChI is InChI=1S/C21H21N3O2S2/c1-2-14(13-8-4-3-5-9-13)23-21(26)24-16(12-18(24)25)19(27)20-22-15-10-6-7-11-17(15)28-20/h3-11,14,16,19,27H,2,12H2,1H3,(H,23,26)/t14-,16-,19?/m1/s1. The molecule has 0 saturated carbocycles. The molecule has 1 saturated heterocycles. The quantitative estimate of drug-likeness (QED) is 0.471.